The summed E-state index contributed by atoms with van der Waals surface area (Å²) in [5, 5.41) is 5.49. The van der Waals surface area contributed by atoms with Crippen LogP contribution in [-0.2, 0) is 16.1 Å². The molecule has 2 aromatic rings. The minimum absolute atomic E-state index is 0.0496. The minimum Gasteiger partial charge on any atom is -0.484 e. The van der Waals surface area contributed by atoms with Crippen LogP contribution in [0.4, 0.5) is 13.2 Å². The van der Waals surface area contributed by atoms with E-state index in [-0.39, 0.29) is 30.5 Å². The van der Waals surface area contributed by atoms with Crippen molar-refractivity contribution in [3.05, 3.63) is 64.1 Å². The number of halogens is 4. The van der Waals surface area contributed by atoms with Crippen LogP contribution in [0.1, 0.15) is 30.5 Å². The molecule has 29 heavy (non-hydrogen) atoms. The van der Waals surface area contributed by atoms with Crippen molar-refractivity contribution in [2.24, 2.45) is 0 Å². The molecular formula is C20H20BrF3N2O3. The highest BCUT2D eigenvalue weighted by Crippen LogP contribution is 2.21. The van der Waals surface area contributed by atoms with E-state index < -0.39 is 18.8 Å². The van der Waals surface area contributed by atoms with Crippen molar-refractivity contribution in [3.63, 3.8) is 0 Å². The van der Waals surface area contributed by atoms with Gasteiger partial charge in [-0.25, -0.2) is 0 Å². The molecule has 2 aromatic carbocycles. The van der Waals surface area contributed by atoms with Gasteiger partial charge in [0.1, 0.15) is 5.75 Å². The van der Waals surface area contributed by atoms with Crippen molar-refractivity contribution in [3.8, 4) is 5.75 Å². The molecule has 0 aromatic heterocycles. The number of carbonyl (C=O) groups excluding carboxylic acids is 2. The summed E-state index contributed by atoms with van der Waals surface area (Å²) in [6.45, 7) is 0.224. The average Bonchev–Trinajstić information content (AvgIpc) is 2.65. The summed E-state index contributed by atoms with van der Waals surface area (Å²) in [4.78, 5) is 23.8. The first-order valence-electron chi connectivity index (χ1n) is 8.70. The van der Waals surface area contributed by atoms with Crippen LogP contribution in [0.2, 0.25) is 0 Å². The van der Waals surface area contributed by atoms with Crippen LogP contribution in [0.15, 0.2) is 53.0 Å². The molecule has 2 amide bonds. The van der Waals surface area contributed by atoms with Gasteiger partial charge in [-0.1, -0.05) is 40.2 Å². The number of amides is 2. The number of hydrogen-bond donors (Lipinski definition) is 2. The molecule has 0 bridgehead atoms. The molecule has 0 fully saturated rings. The lowest BCUT2D eigenvalue weighted by Crippen LogP contribution is -2.32. The Morgan fingerprint density at radius 2 is 1.69 bits per heavy atom. The number of nitrogens with one attached hydrogen (secondary N) is 2. The third-order valence-corrected chi connectivity index (χ3v) is 4.38. The van der Waals surface area contributed by atoms with Gasteiger partial charge in [0, 0.05) is 17.9 Å². The monoisotopic (exact) mass is 472 g/mol. The summed E-state index contributed by atoms with van der Waals surface area (Å²) in [7, 11) is 0. The highest BCUT2D eigenvalue weighted by Gasteiger charge is 2.28. The molecule has 0 aliphatic rings. The van der Waals surface area contributed by atoms with Gasteiger partial charge in [0.05, 0.1) is 12.5 Å². The normalized spacial score (nSPS) is 12.2. The molecule has 9 heteroatoms. The number of rotatable bonds is 8. The third-order valence-electron chi connectivity index (χ3n) is 3.85. The van der Waals surface area contributed by atoms with Crippen molar-refractivity contribution in [1.82, 2.24) is 10.6 Å². The van der Waals surface area contributed by atoms with Gasteiger partial charge in [-0.2, -0.15) is 13.2 Å². The Hall–Kier alpha value is -2.55. The van der Waals surface area contributed by atoms with Crippen LogP contribution in [0, 0.1) is 0 Å². The predicted molar refractivity (Wildman–Crippen MR) is 105 cm³/mol. The molecule has 0 saturated carbocycles. The molecular weight excluding hydrogens is 453 g/mol. The zero-order chi connectivity index (χ0) is 21.4. The third kappa shape index (κ3) is 8.55. The molecule has 0 aliphatic carbocycles. The van der Waals surface area contributed by atoms with Gasteiger partial charge in [0.2, 0.25) is 11.8 Å². The summed E-state index contributed by atoms with van der Waals surface area (Å²) < 4.78 is 42.0. The van der Waals surface area contributed by atoms with E-state index in [0.29, 0.717) is 5.56 Å². The molecule has 1 unspecified atom stereocenters. The first kappa shape index (κ1) is 22.7. The van der Waals surface area contributed by atoms with E-state index in [9.17, 15) is 22.8 Å². The topological polar surface area (TPSA) is 67.4 Å². The smallest absolute Gasteiger partial charge is 0.422 e. The molecule has 0 radical (unpaired) electrons. The fourth-order valence-corrected chi connectivity index (χ4v) is 2.78. The first-order chi connectivity index (χ1) is 13.6. The highest BCUT2D eigenvalue weighted by atomic mass is 79.9. The Kier molecular flexibility index (Phi) is 8.07. The highest BCUT2D eigenvalue weighted by molar-refractivity contribution is 9.10. The molecule has 0 aliphatic heterocycles. The molecule has 156 valence electrons. The van der Waals surface area contributed by atoms with Gasteiger partial charge in [-0.05, 0) is 35.4 Å². The maximum absolute atomic E-state index is 12.3. The number of carbonyl (C=O) groups is 2. The van der Waals surface area contributed by atoms with Crippen LogP contribution in [0.25, 0.3) is 0 Å². The van der Waals surface area contributed by atoms with Crippen molar-refractivity contribution >= 4 is 27.7 Å². The number of ether oxygens (including phenoxy) is 1. The van der Waals surface area contributed by atoms with Crippen molar-refractivity contribution in [1.29, 1.82) is 0 Å². The van der Waals surface area contributed by atoms with Crippen LogP contribution >= 0.6 is 15.9 Å². The van der Waals surface area contributed by atoms with Crippen LogP contribution < -0.4 is 15.4 Å². The number of alkyl halides is 3. The Morgan fingerprint density at radius 1 is 1.07 bits per heavy atom. The van der Waals surface area contributed by atoms with Gasteiger partial charge in [0.25, 0.3) is 0 Å². The molecule has 2 N–H and O–H groups in total. The van der Waals surface area contributed by atoms with Gasteiger partial charge >= 0.3 is 6.18 Å². The second kappa shape index (κ2) is 10.3. The van der Waals surface area contributed by atoms with E-state index in [1.807, 2.05) is 24.3 Å². The summed E-state index contributed by atoms with van der Waals surface area (Å²) in [6, 6.07) is 12.8. The SMILES string of the molecule is CC(=O)NC(CC(=O)NCc1ccc(OCC(F)(F)F)cc1)c1ccc(Br)cc1. The van der Waals surface area contributed by atoms with E-state index in [4.69, 9.17) is 0 Å². The lowest BCUT2D eigenvalue weighted by atomic mass is 10.0. The average molecular weight is 473 g/mol. The Bertz CT molecular complexity index is 824. The molecule has 2 rings (SSSR count). The number of benzene rings is 2. The maximum atomic E-state index is 12.3. The van der Waals surface area contributed by atoms with E-state index in [1.54, 1.807) is 12.1 Å². The van der Waals surface area contributed by atoms with E-state index >= 15 is 0 Å². The maximum Gasteiger partial charge on any atom is 0.422 e. The zero-order valence-electron chi connectivity index (χ0n) is 15.6. The Labute approximate surface area is 174 Å². The fourth-order valence-electron chi connectivity index (χ4n) is 2.52. The second-order valence-corrected chi connectivity index (χ2v) is 7.25. The minimum atomic E-state index is -4.40. The molecule has 0 spiro atoms. The first-order valence-corrected chi connectivity index (χ1v) is 9.49. The van der Waals surface area contributed by atoms with E-state index in [2.05, 4.69) is 31.3 Å². The number of hydrogen-bond acceptors (Lipinski definition) is 3. The summed E-state index contributed by atoms with van der Waals surface area (Å²) in [6.07, 6.45) is -4.35. The summed E-state index contributed by atoms with van der Waals surface area (Å²) in [5.74, 6) is -0.428. The van der Waals surface area contributed by atoms with Crippen LogP contribution in [0.3, 0.4) is 0 Å². The molecule has 0 heterocycles. The Balaban J connectivity index is 1.89. The van der Waals surface area contributed by atoms with Crippen LogP contribution in [0.5, 0.6) is 5.75 Å². The summed E-state index contributed by atoms with van der Waals surface area (Å²) in [5.41, 5.74) is 1.50. The lowest BCUT2D eigenvalue weighted by molar-refractivity contribution is -0.153. The fraction of sp³-hybridized carbons (Fsp3) is 0.300. The standard InChI is InChI=1S/C20H20BrF3N2O3/c1-13(27)26-18(15-4-6-16(21)7-5-15)10-19(28)25-11-14-2-8-17(9-3-14)29-12-20(22,23)24/h2-9,18H,10-12H2,1H3,(H,25,28)(H,26,27). The summed E-state index contributed by atoms with van der Waals surface area (Å²) >= 11 is 3.34. The largest absolute Gasteiger partial charge is 0.484 e. The Morgan fingerprint density at radius 3 is 2.24 bits per heavy atom. The van der Waals surface area contributed by atoms with Crippen molar-refractivity contribution in [2.75, 3.05) is 6.61 Å². The van der Waals surface area contributed by atoms with Gasteiger partial charge in [-0.15, -0.1) is 0 Å². The molecule has 5 nitrogen and oxygen atoms in total. The second-order valence-electron chi connectivity index (χ2n) is 6.33. The van der Waals surface area contributed by atoms with E-state index in [0.717, 1.165) is 10.0 Å². The van der Waals surface area contributed by atoms with Crippen LogP contribution in [-0.4, -0.2) is 24.6 Å². The van der Waals surface area contributed by atoms with Crippen molar-refractivity contribution < 1.29 is 27.5 Å². The van der Waals surface area contributed by atoms with Gasteiger partial charge in [-0.3, -0.25) is 9.59 Å². The zero-order valence-corrected chi connectivity index (χ0v) is 17.1. The van der Waals surface area contributed by atoms with Gasteiger partial charge < -0.3 is 15.4 Å². The quantitative estimate of drug-likeness (QED) is 0.602. The molecule has 0 saturated heterocycles. The van der Waals surface area contributed by atoms with Gasteiger partial charge in [0.15, 0.2) is 6.61 Å². The van der Waals surface area contributed by atoms with E-state index in [1.165, 1.54) is 19.1 Å². The van der Waals surface area contributed by atoms with Crippen molar-refractivity contribution in [2.45, 2.75) is 32.1 Å². The lowest BCUT2D eigenvalue weighted by Gasteiger charge is -2.18. The molecule has 1 atom stereocenters. The predicted octanol–water partition coefficient (Wildman–Crippen LogP) is 4.27.